The Morgan fingerprint density at radius 2 is 0.516 bits per heavy atom. The van der Waals surface area contributed by atoms with Crippen molar-refractivity contribution >= 4 is 17.9 Å². The van der Waals surface area contributed by atoms with Crippen molar-refractivity contribution in [1.82, 2.24) is 0 Å². The first-order valence-electron chi connectivity index (χ1n) is 28.9. The van der Waals surface area contributed by atoms with Gasteiger partial charge < -0.3 is 14.2 Å². The van der Waals surface area contributed by atoms with E-state index in [1.54, 1.807) is 0 Å². The maximum Gasteiger partial charge on any atom is 0.306 e. The highest BCUT2D eigenvalue weighted by atomic mass is 16.6. The van der Waals surface area contributed by atoms with Crippen molar-refractivity contribution < 1.29 is 28.6 Å². The van der Waals surface area contributed by atoms with E-state index in [-0.39, 0.29) is 31.1 Å². The highest BCUT2D eigenvalue weighted by Crippen LogP contribution is 2.18. The zero-order valence-corrected chi connectivity index (χ0v) is 43.8. The van der Waals surface area contributed by atoms with Crippen molar-refractivity contribution in [2.45, 2.75) is 336 Å². The van der Waals surface area contributed by atoms with Crippen LogP contribution in [0.2, 0.25) is 0 Å². The first-order valence-corrected chi connectivity index (χ1v) is 28.9. The Balaban J connectivity index is 4.28. The van der Waals surface area contributed by atoms with Gasteiger partial charge >= 0.3 is 17.9 Å². The van der Waals surface area contributed by atoms with Gasteiger partial charge in [-0.2, -0.15) is 0 Å². The largest absolute Gasteiger partial charge is 0.462 e. The van der Waals surface area contributed by atoms with Crippen LogP contribution in [-0.2, 0) is 28.6 Å². The predicted molar refractivity (Wildman–Crippen MR) is 275 cm³/mol. The first-order chi connectivity index (χ1) is 31.4. The van der Waals surface area contributed by atoms with Crippen LogP contribution in [0.25, 0.3) is 0 Å². The maximum absolute atomic E-state index is 12.8. The van der Waals surface area contributed by atoms with E-state index in [0.29, 0.717) is 19.3 Å². The van der Waals surface area contributed by atoms with Gasteiger partial charge in [0.25, 0.3) is 0 Å². The molecule has 0 saturated carbocycles. The average Bonchev–Trinajstić information content (AvgIpc) is 3.28. The van der Waals surface area contributed by atoms with Crippen molar-refractivity contribution in [2.24, 2.45) is 5.92 Å². The molecule has 0 amide bonds. The van der Waals surface area contributed by atoms with Crippen LogP contribution in [0.5, 0.6) is 0 Å². The molecule has 0 N–H and O–H groups in total. The summed E-state index contributed by atoms with van der Waals surface area (Å²) in [6.45, 7) is 9.04. The molecule has 380 valence electrons. The summed E-state index contributed by atoms with van der Waals surface area (Å²) < 4.78 is 16.9. The smallest absolute Gasteiger partial charge is 0.306 e. The molecule has 6 heteroatoms. The standard InChI is InChI=1S/C58H112O6/c1-5-7-9-11-13-15-17-19-21-22-23-25-26-28-33-37-41-45-49-56(59)62-52-55(53-63-57(60)50-46-42-38-34-31-30-32-36-40-44-48-54(3)4)64-58(61)51-47-43-39-35-29-27-24-20-18-16-14-12-10-8-6-2/h54-55H,5-53H2,1-4H3/t55-/m1/s1. The predicted octanol–water partition coefficient (Wildman–Crippen LogP) is 19.0. The lowest BCUT2D eigenvalue weighted by Gasteiger charge is -2.18. The van der Waals surface area contributed by atoms with Crippen molar-refractivity contribution in [1.29, 1.82) is 0 Å². The van der Waals surface area contributed by atoms with Crippen LogP contribution in [0.1, 0.15) is 329 Å². The topological polar surface area (TPSA) is 78.9 Å². The normalized spacial score (nSPS) is 12.0. The Labute approximate surface area is 399 Å². The quantitative estimate of drug-likeness (QED) is 0.0344. The molecule has 0 heterocycles. The molecule has 0 saturated heterocycles. The molecule has 0 fully saturated rings. The van der Waals surface area contributed by atoms with Crippen LogP contribution in [0.15, 0.2) is 0 Å². The zero-order chi connectivity index (χ0) is 46.7. The monoisotopic (exact) mass is 905 g/mol. The number of unbranched alkanes of at least 4 members (excludes halogenated alkanes) is 40. The second-order valence-corrected chi connectivity index (χ2v) is 20.4. The van der Waals surface area contributed by atoms with Crippen LogP contribution >= 0.6 is 0 Å². The van der Waals surface area contributed by atoms with Gasteiger partial charge in [0, 0.05) is 19.3 Å². The van der Waals surface area contributed by atoms with Gasteiger partial charge in [-0.3, -0.25) is 14.4 Å². The molecule has 0 aromatic carbocycles. The van der Waals surface area contributed by atoms with Crippen LogP contribution < -0.4 is 0 Å². The number of rotatable bonds is 53. The summed E-state index contributed by atoms with van der Waals surface area (Å²) in [4.78, 5) is 38.1. The van der Waals surface area contributed by atoms with Gasteiger partial charge in [0.1, 0.15) is 13.2 Å². The lowest BCUT2D eigenvalue weighted by Crippen LogP contribution is -2.30. The van der Waals surface area contributed by atoms with E-state index in [1.165, 1.54) is 225 Å². The summed E-state index contributed by atoms with van der Waals surface area (Å²) in [6.07, 6.45) is 56.6. The molecule has 0 aliphatic heterocycles. The van der Waals surface area contributed by atoms with Crippen LogP contribution in [0.3, 0.4) is 0 Å². The number of esters is 3. The SMILES string of the molecule is CCCCCCCCCCCCCCCCCCCCC(=O)OC[C@H](COC(=O)CCCCCCCCCCCCC(C)C)OC(=O)CCCCCCCCCCCCCCCCC. The molecule has 0 bridgehead atoms. The number of ether oxygens (including phenoxy) is 3. The van der Waals surface area contributed by atoms with Gasteiger partial charge in [-0.25, -0.2) is 0 Å². The van der Waals surface area contributed by atoms with Crippen LogP contribution in [0.4, 0.5) is 0 Å². The lowest BCUT2D eigenvalue weighted by atomic mass is 10.0. The third kappa shape index (κ3) is 51.4. The zero-order valence-electron chi connectivity index (χ0n) is 43.8. The second-order valence-electron chi connectivity index (χ2n) is 20.4. The van der Waals surface area contributed by atoms with Gasteiger partial charge in [-0.1, -0.05) is 291 Å². The maximum atomic E-state index is 12.8. The van der Waals surface area contributed by atoms with Gasteiger partial charge in [0.2, 0.25) is 0 Å². The number of hydrogen-bond donors (Lipinski definition) is 0. The fourth-order valence-corrected chi connectivity index (χ4v) is 8.92. The molecule has 0 aliphatic rings. The Kier molecular flexibility index (Phi) is 51.1. The van der Waals surface area contributed by atoms with Crippen LogP contribution in [-0.4, -0.2) is 37.2 Å². The number of hydrogen-bond acceptors (Lipinski definition) is 6. The van der Waals surface area contributed by atoms with Gasteiger partial charge in [0.15, 0.2) is 6.10 Å². The minimum atomic E-state index is -0.762. The summed E-state index contributed by atoms with van der Waals surface area (Å²) >= 11 is 0. The lowest BCUT2D eigenvalue weighted by molar-refractivity contribution is -0.167. The Morgan fingerprint density at radius 1 is 0.297 bits per heavy atom. The highest BCUT2D eigenvalue weighted by molar-refractivity contribution is 5.71. The summed E-state index contributed by atoms with van der Waals surface area (Å²) in [5, 5.41) is 0. The van der Waals surface area contributed by atoms with Gasteiger partial charge in [0.05, 0.1) is 0 Å². The molecule has 0 aromatic heterocycles. The molecular weight excluding hydrogens is 793 g/mol. The molecule has 0 rings (SSSR count). The minimum absolute atomic E-state index is 0.0620. The van der Waals surface area contributed by atoms with E-state index in [0.717, 1.165) is 63.7 Å². The second kappa shape index (κ2) is 52.4. The average molecular weight is 906 g/mol. The molecule has 6 nitrogen and oxygen atoms in total. The van der Waals surface area contributed by atoms with Crippen molar-refractivity contribution in [3.8, 4) is 0 Å². The van der Waals surface area contributed by atoms with Gasteiger partial charge in [-0.05, 0) is 25.2 Å². The first kappa shape index (κ1) is 62.4. The highest BCUT2D eigenvalue weighted by Gasteiger charge is 2.19. The molecular formula is C58H112O6. The summed E-state index contributed by atoms with van der Waals surface area (Å²) in [5.74, 6) is -0.0179. The van der Waals surface area contributed by atoms with E-state index in [1.807, 2.05) is 0 Å². The Bertz CT molecular complexity index is 964. The molecule has 0 unspecified atom stereocenters. The molecule has 0 aromatic rings. The van der Waals surface area contributed by atoms with Gasteiger partial charge in [-0.15, -0.1) is 0 Å². The van der Waals surface area contributed by atoms with E-state index in [4.69, 9.17) is 14.2 Å². The Hall–Kier alpha value is -1.59. The van der Waals surface area contributed by atoms with Crippen molar-refractivity contribution in [2.75, 3.05) is 13.2 Å². The third-order valence-electron chi connectivity index (χ3n) is 13.3. The van der Waals surface area contributed by atoms with Crippen LogP contribution in [0, 0.1) is 5.92 Å². The van der Waals surface area contributed by atoms with E-state index < -0.39 is 6.10 Å². The third-order valence-corrected chi connectivity index (χ3v) is 13.3. The summed E-state index contributed by atoms with van der Waals surface area (Å²) in [6, 6.07) is 0. The Morgan fingerprint density at radius 3 is 0.766 bits per heavy atom. The number of carbonyl (C=O) groups is 3. The number of carbonyl (C=O) groups excluding carboxylic acids is 3. The van der Waals surface area contributed by atoms with E-state index >= 15 is 0 Å². The summed E-state index contributed by atoms with van der Waals surface area (Å²) in [7, 11) is 0. The van der Waals surface area contributed by atoms with E-state index in [9.17, 15) is 14.4 Å². The molecule has 0 radical (unpaired) electrons. The fourth-order valence-electron chi connectivity index (χ4n) is 8.92. The molecule has 1 atom stereocenters. The molecule has 64 heavy (non-hydrogen) atoms. The molecule has 0 aliphatic carbocycles. The van der Waals surface area contributed by atoms with Crippen molar-refractivity contribution in [3.63, 3.8) is 0 Å². The van der Waals surface area contributed by atoms with Crippen molar-refractivity contribution in [3.05, 3.63) is 0 Å². The minimum Gasteiger partial charge on any atom is -0.462 e. The summed E-state index contributed by atoms with van der Waals surface area (Å²) in [5.41, 5.74) is 0. The van der Waals surface area contributed by atoms with E-state index in [2.05, 4.69) is 27.7 Å². The molecule has 0 spiro atoms. The fraction of sp³-hybridized carbons (Fsp3) is 0.948.